The van der Waals surface area contributed by atoms with Crippen LogP contribution in [-0.4, -0.2) is 23.8 Å². The van der Waals surface area contributed by atoms with Gasteiger partial charge in [-0.3, -0.25) is 4.79 Å². The molecule has 0 amide bonds. The number of hydrogen-bond acceptors (Lipinski definition) is 3. The normalized spacial score (nSPS) is 31.8. The van der Waals surface area contributed by atoms with Gasteiger partial charge in [0.2, 0.25) is 0 Å². The Balaban J connectivity index is 2.20. The van der Waals surface area contributed by atoms with E-state index in [4.69, 9.17) is 5.11 Å². The second-order valence-corrected chi connectivity index (χ2v) is 2.16. The fourth-order valence-electron chi connectivity index (χ4n) is 0.684. The molecule has 9 heavy (non-hydrogen) atoms. The maximum Gasteiger partial charge on any atom is 0.311 e. The fraction of sp³-hybridized carbons (Fsp3) is 0.833. The highest BCUT2D eigenvalue weighted by Crippen LogP contribution is 2.30. The van der Waals surface area contributed by atoms with Gasteiger partial charge in [-0.25, -0.2) is 0 Å². The highest BCUT2D eigenvalue weighted by molar-refractivity contribution is 5.76. The van der Waals surface area contributed by atoms with Gasteiger partial charge in [-0.05, 0) is 13.3 Å². The topological polar surface area (TPSA) is 46.5 Å². The summed E-state index contributed by atoms with van der Waals surface area (Å²) in [6.45, 7) is 2.16. The third kappa shape index (κ3) is 1.42. The van der Waals surface area contributed by atoms with E-state index in [1.54, 1.807) is 6.92 Å². The van der Waals surface area contributed by atoms with Gasteiger partial charge in [0.05, 0.1) is 18.6 Å². The van der Waals surface area contributed by atoms with Gasteiger partial charge in [-0.1, -0.05) is 0 Å². The van der Waals surface area contributed by atoms with Crippen LogP contribution in [0.25, 0.3) is 0 Å². The lowest BCUT2D eigenvalue weighted by molar-refractivity contribution is -0.145. The van der Waals surface area contributed by atoms with Crippen molar-refractivity contribution in [1.82, 2.24) is 0 Å². The van der Waals surface area contributed by atoms with E-state index in [9.17, 15) is 4.79 Å². The summed E-state index contributed by atoms with van der Waals surface area (Å²) in [6.07, 6.45) is 0.155. The molecule has 1 aliphatic rings. The first-order valence-corrected chi connectivity index (χ1v) is 3.10. The molecule has 0 saturated heterocycles. The second-order valence-electron chi connectivity index (χ2n) is 2.16. The quantitative estimate of drug-likeness (QED) is 0.532. The summed E-state index contributed by atoms with van der Waals surface area (Å²) in [5.74, 6) is -0.477. The Morgan fingerprint density at radius 1 is 1.89 bits per heavy atom. The molecule has 3 heteroatoms. The molecule has 1 aliphatic carbocycles. The first-order chi connectivity index (χ1) is 4.25. The van der Waals surface area contributed by atoms with E-state index in [1.165, 1.54) is 0 Å². The number of hydrogen-bond donors (Lipinski definition) is 1. The molecular formula is C6H10O3. The molecular weight excluding hydrogens is 120 g/mol. The van der Waals surface area contributed by atoms with Crippen molar-refractivity contribution in [3.8, 4) is 0 Å². The lowest BCUT2D eigenvalue weighted by atomic mass is 10.4. The molecule has 2 atom stereocenters. The summed E-state index contributed by atoms with van der Waals surface area (Å²) in [4.78, 5) is 10.6. The molecule has 2 unspecified atom stereocenters. The summed E-state index contributed by atoms with van der Waals surface area (Å²) in [5.41, 5.74) is 0. The zero-order chi connectivity index (χ0) is 6.85. The molecule has 1 N–H and O–H groups in total. The maximum absolute atomic E-state index is 10.6. The number of aliphatic hydroxyl groups excluding tert-OH is 1. The molecule has 3 nitrogen and oxygen atoms in total. The summed E-state index contributed by atoms with van der Waals surface area (Å²) >= 11 is 0. The molecule has 1 saturated carbocycles. The van der Waals surface area contributed by atoms with E-state index in [2.05, 4.69) is 4.74 Å². The Labute approximate surface area is 53.6 Å². The number of carbonyl (C=O) groups excluding carboxylic acids is 1. The average molecular weight is 130 g/mol. The third-order valence-corrected chi connectivity index (χ3v) is 1.35. The number of aliphatic hydroxyl groups is 1. The van der Waals surface area contributed by atoms with E-state index < -0.39 is 6.10 Å². The number of ether oxygens (including phenoxy) is 1. The Morgan fingerprint density at radius 2 is 2.44 bits per heavy atom. The summed E-state index contributed by atoms with van der Waals surface area (Å²) in [7, 11) is 0. The van der Waals surface area contributed by atoms with Gasteiger partial charge in [0, 0.05) is 0 Å². The van der Waals surface area contributed by atoms with E-state index in [0.717, 1.165) is 0 Å². The zero-order valence-corrected chi connectivity index (χ0v) is 5.33. The van der Waals surface area contributed by atoms with Gasteiger partial charge < -0.3 is 9.84 Å². The van der Waals surface area contributed by atoms with Crippen LogP contribution in [0.4, 0.5) is 0 Å². The molecule has 0 spiro atoms. The van der Waals surface area contributed by atoms with Crippen LogP contribution in [0.5, 0.6) is 0 Å². The van der Waals surface area contributed by atoms with Gasteiger partial charge in [-0.15, -0.1) is 0 Å². The maximum atomic E-state index is 10.6. The summed E-state index contributed by atoms with van der Waals surface area (Å²) in [5, 5.41) is 8.72. The molecule has 0 aromatic rings. The standard InChI is InChI=1S/C6H10O3/c1-2-9-6(8)4-3-5(4)7/h4-5,7H,2-3H2,1H3. The van der Waals surface area contributed by atoms with Crippen molar-refractivity contribution in [2.45, 2.75) is 19.4 Å². The smallest absolute Gasteiger partial charge is 0.311 e. The van der Waals surface area contributed by atoms with Crippen molar-refractivity contribution in [2.75, 3.05) is 6.61 Å². The summed E-state index contributed by atoms with van der Waals surface area (Å²) < 4.78 is 4.64. The molecule has 1 rings (SSSR count). The van der Waals surface area contributed by atoms with E-state index >= 15 is 0 Å². The summed E-state index contributed by atoms with van der Waals surface area (Å²) in [6, 6.07) is 0. The highest BCUT2D eigenvalue weighted by Gasteiger charge is 2.42. The van der Waals surface area contributed by atoms with E-state index in [-0.39, 0.29) is 11.9 Å². The largest absolute Gasteiger partial charge is 0.466 e. The van der Waals surface area contributed by atoms with Crippen LogP contribution < -0.4 is 0 Å². The van der Waals surface area contributed by atoms with Gasteiger partial charge in [0.25, 0.3) is 0 Å². The SMILES string of the molecule is CCOC(=O)C1CC1O. The van der Waals surface area contributed by atoms with Crippen molar-refractivity contribution < 1.29 is 14.6 Å². The van der Waals surface area contributed by atoms with Crippen LogP contribution in [-0.2, 0) is 9.53 Å². The number of esters is 1. The van der Waals surface area contributed by atoms with E-state index in [1.807, 2.05) is 0 Å². The Morgan fingerprint density at radius 3 is 2.78 bits per heavy atom. The van der Waals surface area contributed by atoms with E-state index in [0.29, 0.717) is 13.0 Å². The lowest BCUT2D eigenvalue weighted by Gasteiger charge is -1.96. The van der Waals surface area contributed by atoms with Crippen molar-refractivity contribution in [3.05, 3.63) is 0 Å². The molecule has 0 aromatic carbocycles. The van der Waals surface area contributed by atoms with Gasteiger partial charge in [0.15, 0.2) is 0 Å². The zero-order valence-electron chi connectivity index (χ0n) is 5.33. The van der Waals surface area contributed by atoms with Crippen molar-refractivity contribution in [2.24, 2.45) is 5.92 Å². The van der Waals surface area contributed by atoms with Gasteiger partial charge in [-0.2, -0.15) is 0 Å². The molecule has 1 fully saturated rings. The molecule has 0 aromatic heterocycles. The van der Waals surface area contributed by atoms with Crippen molar-refractivity contribution >= 4 is 5.97 Å². The number of rotatable bonds is 2. The Bertz CT molecular complexity index is 121. The molecule has 0 radical (unpaired) electrons. The molecule has 0 aliphatic heterocycles. The Hall–Kier alpha value is -0.570. The lowest BCUT2D eigenvalue weighted by Crippen LogP contribution is -2.08. The van der Waals surface area contributed by atoms with Crippen molar-refractivity contribution in [3.63, 3.8) is 0 Å². The number of carbonyl (C=O) groups is 1. The molecule has 52 valence electrons. The molecule has 0 bridgehead atoms. The van der Waals surface area contributed by atoms with Crippen LogP contribution in [0, 0.1) is 5.92 Å². The second kappa shape index (κ2) is 2.35. The van der Waals surface area contributed by atoms with Gasteiger partial charge in [0.1, 0.15) is 0 Å². The van der Waals surface area contributed by atoms with Gasteiger partial charge >= 0.3 is 5.97 Å². The predicted octanol–water partition coefficient (Wildman–Crippen LogP) is -0.0697. The minimum absolute atomic E-state index is 0.218. The van der Waals surface area contributed by atoms with Crippen molar-refractivity contribution in [1.29, 1.82) is 0 Å². The first kappa shape index (κ1) is 6.55. The van der Waals surface area contributed by atoms with Crippen LogP contribution in [0.3, 0.4) is 0 Å². The highest BCUT2D eigenvalue weighted by atomic mass is 16.5. The van der Waals surface area contributed by atoms with Crippen LogP contribution in [0.15, 0.2) is 0 Å². The fourth-order valence-corrected chi connectivity index (χ4v) is 0.684. The third-order valence-electron chi connectivity index (χ3n) is 1.35. The van der Waals surface area contributed by atoms with Crippen LogP contribution >= 0.6 is 0 Å². The Kier molecular flexibility index (Phi) is 1.71. The monoisotopic (exact) mass is 130 g/mol. The van der Waals surface area contributed by atoms with Crippen LogP contribution in [0.1, 0.15) is 13.3 Å². The minimum Gasteiger partial charge on any atom is -0.466 e. The van der Waals surface area contributed by atoms with Crippen LogP contribution in [0.2, 0.25) is 0 Å². The average Bonchev–Trinajstić information content (AvgIpc) is 2.47. The first-order valence-electron chi connectivity index (χ1n) is 3.10. The minimum atomic E-state index is -0.427. The molecule has 0 heterocycles. The predicted molar refractivity (Wildman–Crippen MR) is 30.7 cm³/mol.